The lowest BCUT2D eigenvalue weighted by Gasteiger charge is -2.10. The molecule has 2 aromatic carbocycles. The Morgan fingerprint density at radius 1 is 0.812 bits per heavy atom. The van der Waals surface area contributed by atoms with Crippen molar-refractivity contribution < 1.29 is 0 Å². The summed E-state index contributed by atoms with van der Waals surface area (Å²) in [5.74, 6) is 0. The Morgan fingerprint density at radius 2 is 1.56 bits per heavy atom. The van der Waals surface area contributed by atoms with Crippen molar-refractivity contribution in [1.82, 2.24) is 0 Å². The molecule has 0 bridgehead atoms. The van der Waals surface area contributed by atoms with Crippen LogP contribution < -0.4 is 22.5 Å². The van der Waals surface area contributed by atoms with Crippen molar-refractivity contribution in [3.05, 3.63) is 42.5 Å². The van der Waals surface area contributed by atoms with Gasteiger partial charge in [-0.05, 0) is 36.4 Å². The molecule has 0 unspecified atom stereocenters. The fourth-order valence-corrected chi connectivity index (χ4v) is 1.45. The Bertz CT molecular complexity index is 508. The molecule has 0 saturated carbocycles. The maximum atomic E-state index is 5.83. The van der Waals surface area contributed by atoms with Crippen molar-refractivity contribution >= 4 is 28.4 Å². The second kappa shape index (κ2) is 4.02. The number of rotatable bonds is 2. The van der Waals surface area contributed by atoms with Gasteiger partial charge in [-0.25, -0.2) is 0 Å². The van der Waals surface area contributed by atoms with E-state index in [2.05, 4.69) is 5.32 Å². The van der Waals surface area contributed by atoms with Crippen LogP contribution in [0.3, 0.4) is 0 Å². The van der Waals surface area contributed by atoms with E-state index in [1.165, 1.54) is 0 Å². The summed E-state index contributed by atoms with van der Waals surface area (Å²) in [6.45, 7) is 0. The van der Waals surface area contributed by atoms with Gasteiger partial charge in [-0.2, -0.15) is 0 Å². The normalized spacial score (nSPS) is 10.0. The molecule has 0 aliphatic carbocycles. The molecular formula is C12H14N4. The van der Waals surface area contributed by atoms with Crippen LogP contribution in [0.4, 0.5) is 28.4 Å². The molecule has 0 aliphatic heterocycles. The molecule has 0 amide bonds. The molecule has 4 heteroatoms. The molecule has 2 aromatic rings. The molecule has 0 radical (unpaired) electrons. The Kier molecular flexibility index (Phi) is 2.55. The molecule has 16 heavy (non-hydrogen) atoms. The summed E-state index contributed by atoms with van der Waals surface area (Å²) < 4.78 is 0. The van der Waals surface area contributed by atoms with Gasteiger partial charge in [0.15, 0.2) is 0 Å². The predicted octanol–water partition coefficient (Wildman–Crippen LogP) is 2.18. The Balaban J connectivity index is 2.30. The van der Waals surface area contributed by atoms with Crippen LogP contribution in [0.1, 0.15) is 0 Å². The second-order valence-corrected chi connectivity index (χ2v) is 3.60. The molecule has 82 valence electrons. The molecule has 0 spiro atoms. The fraction of sp³-hybridized carbons (Fsp3) is 0. The first-order valence-corrected chi connectivity index (χ1v) is 4.93. The van der Waals surface area contributed by atoms with Crippen LogP contribution in [0.15, 0.2) is 42.5 Å². The van der Waals surface area contributed by atoms with E-state index >= 15 is 0 Å². The molecule has 0 atom stereocenters. The topological polar surface area (TPSA) is 90.1 Å². The first kappa shape index (κ1) is 10.2. The van der Waals surface area contributed by atoms with Gasteiger partial charge in [0.05, 0.1) is 11.4 Å². The van der Waals surface area contributed by atoms with Crippen LogP contribution in [-0.4, -0.2) is 0 Å². The number of nitrogens with two attached hydrogens (primary N) is 3. The first-order chi connectivity index (χ1) is 7.65. The number of anilines is 5. The van der Waals surface area contributed by atoms with E-state index in [1.807, 2.05) is 24.3 Å². The third-order valence-corrected chi connectivity index (χ3v) is 2.24. The van der Waals surface area contributed by atoms with Gasteiger partial charge in [-0.15, -0.1) is 0 Å². The average Bonchev–Trinajstić information content (AvgIpc) is 2.24. The molecule has 0 heterocycles. The van der Waals surface area contributed by atoms with Gasteiger partial charge in [0, 0.05) is 17.1 Å². The van der Waals surface area contributed by atoms with Gasteiger partial charge in [-0.1, -0.05) is 6.07 Å². The monoisotopic (exact) mass is 214 g/mol. The molecule has 7 N–H and O–H groups in total. The summed E-state index contributed by atoms with van der Waals surface area (Å²) in [5, 5.41) is 3.17. The van der Waals surface area contributed by atoms with Gasteiger partial charge >= 0.3 is 0 Å². The summed E-state index contributed by atoms with van der Waals surface area (Å²) in [6, 6.07) is 12.8. The minimum absolute atomic E-state index is 0.650. The van der Waals surface area contributed by atoms with Crippen molar-refractivity contribution in [2.75, 3.05) is 22.5 Å². The number of hydrogen-bond donors (Lipinski definition) is 4. The van der Waals surface area contributed by atoms with Gasteiger partial charge < -0.3 is 22.5 Å². The number of hydrogen-bond acceptors (Lipinski definition) is 4. The predicted molar refractivity (Wildman–Crippen MR) is 69.4 cm³/mol. The maximum Gasteiger partial charge on any atom is 0.0638 e. The Hall–Kier alpha value is -2.36. The van der Waals surface area contributed by atoms with Crippen molar-refractivity contribution in [2.45, 2.75) is 0 Å². The van der Waals surface area contributed by atoms with E-state index in [0.717, 1.165) is 11.4 Å². The molecule has 0 fully saturated rings. The van der Waals surface area contributed by atoms with E-state index < -0.39 is 0 Å². The van der Waals surface area contributed by atoms with Crippen molar-refractivity contribution in [3.63, 3.8) is 0 Å². The van der Waals surface area contributed by atoms with Gasteiger partial charge in [0.1, 0.15) is 0 Å². The minimum atomic E-state index is 0.650. The minimum Gasteiger partial charge on any atom is -0.399 e. The summed E-state index contributed by atoms with van der Waals surface area (Å²) in [5.41, 5.74) is 20.9. The Morgan fingerprint density at radius 3 is 2.31 bits per heavy atom. The van der Waals surface area contributed by atoms with E-state index in [0.29, 0.717) is 17.1 Å². The Labute approximate surface area is 94.1 Å². The molecule has 4 nitrogen and oxygen atoms in total. The molecule has 2 rings (SSSR count). The van der Waals surface area contributed by atoms with Gasteiger partial charge in [0.2, 0.25) is 0 Å². The lowest BCUT2D eigenvalue weighted by molar-refractivity contribution is 1.54. The summed E-state index contributed by atoms with van der Waals surface area (Å²) in [4.78, 5) is 0. The van der Waals surface area contributed by atoms with Crippen molar-refractivity contribution in [3.8, 4) is 0 Å². The highest BCUT2D eigenvalue weighted by atomic mass is 14.9. The van der Waals surface area contributed by atoms with Crippen molar-refractivity contribution in [2.24, 2.45) is 0 Å². The smallest absolute Gasteiger partial charge is 0.0638 e. The third kappa shape index (κ3) is 2.17. The van der Waals surface area contributed by atoms with E-state index in [-0.39, 0.29) is 0 Å². The zero-order valence-corrected chi connectivity index (χ0v) is 8.77. The lowest BCUT2D eigenvalue weighted by atomic mass is 10.2. The van der Waals surface area contributed by atoms with Crippen LogP contribution in [0.2, 0.25) is 0 Å². The third-order valence-electron chi connectivity index (χ3n) is 2.24. The van der Waals surface area contributed by atoms with Crippen molar-refractivity contribution in [1.29, 1.82) is 0 Å². The van der Waals surface area contributed by atoms with Crippen LogP contribution in [0.5, 0.6) is 0 Å². The molecule has 0 saturated heterocycles. The largest absolute Gasteiger partial charge is 0.399 e. The fourth-order valence-electron chi connectivity index (χ4n) is 1.45. The van der Waals surface area contributed by atoms with E-state index in [4.69, 9.17) is 17.2 Å². The molecule has 0 aliphatic rings. The van der Waals surface area contributed by atoms with Crippen LogP contribution in [0.25, 0.3) is 0 Å². The highest BCUT2D eigenvalue weighted by Crippen LogP contribution is 2.25. The average molecular weight is 214 g/mol. The zero-order chi connectivity index (χ0) is 11.5. The van der Waals surface area contributed by atoms with Gasteiger partial charge in [-0.3, -0.25) is 0 Å². The number of benzene rings is 2. The van der Waals surface area contributed by atoms with E-state index in [1.54, 1.807) is 18.2 Å². The molecular weight excluding hydrogens is 200 g/mol. The van der Waals surface area contributed by atoms with Crippen LogP contribution in [0, 0.1) is 0 Å². The number of nitrogen functional groups attached to an aromatic ring is 3. The quantitative estimate of drug-likeness (QED) is 0.577. The highest BCUT2D eigenvalue weighted by molar-refractivity contribution is 5.76. The van der Waals surface area contributed by atoms with Gasteiger partial charge in [0.25, 0.3) is 0 Å². The maximum absolute atomic E-state index is 5.83. The SMILES string of the molecule is Nc1cccc(Nc2cc(N)ccc2N)c1. The standard InChI is InChI=1S/C12H14N4/c13-8-2-1-3-10(6-8)16-12-7-9(14)4-5-11(12)15/h1-7,16H,13-15H2. The number of nitrogens with one attached hydrogen (secondary N) is 1. The van der Waals surface area contributed by atoms with E-state index in [9.17, 15) is 0 Å². The van der Waals surface area contributed by atoms with Crippen LogP contribution >= 0.6 is 0 Å². The summed E-state index contributed by atoms with van der Waals surface area (Å²) in [7, 11) is 0. The molecule has 0 aromatic heterocycles. The highest BCUT2D eigenvalue weighted by Gasteiger charge is 2.00. The zero-order valence-electron chi connectivity index (χ0n) is 8.77. The lowest BCUT2D eigenvalue weighted by Crippen LogP contribution is -1.98. The summed E-state index contributed by atoms with van der Waals surface area (Å²) >= 11 is 0. The second-order valence-electron chi connectivity index (χ2n) is 3.60. The van der Waals surface area contributed by atoms with Crippen LogP contribution in [-0.2, 0) is 0 Å². The first-order valence-electron chi connectivity index (χ1n) is 4.93. The summed E-state index contributed by atoms with van der Waals surface area (Å²) in [6.07, 6.45) is 0.